The molecule has 2 aliphatic heterocycles. The SMILES string of the molecule is CC(=O)Oc1ccc(C2COc3cc(OC(C)O)ccc3C2OC(=O)[C@@H]2CCCN2S(=O)(=O)c2ccc(C)cc2)cc1. The van der Waals surface area contributed by atoms with E-state index < -0.39 is 46.3 Å². The minimum Gasteiger partial charge on any atom is -0.492 e. The number of ether oxygens (including phenoxy) is 4. The molecule has 1 saturated heterocycles. The van der Waals surface area contributed by atoms with Gasteiger partial charge >= 0.3 is 11.9 Å². The van der Waals surface area contributed by atoms with Crippen LogP contribution in [0.15, 0.2) is 71.6 Å². The number of benzene rings is 3. The highest BCUT2D eigenvalue weighted by Gasteiger charge is 2.43. The Morgan fingerprint density at radius 2 is 1.71 bits per heavy atom. The molecule has 0 aromatic heterocycles. The number of aliphatic hydroxyl groups excluding tert-OH is 1. The summed E-state index contributed by atoms with van der Waals surface area (Å²) in [6, 6.07) is 17.4. The van der Waals surface area contributed by atoms with Gasteiger partial charge in [-0.15, -0.1) is 0 Å². The Labute approximate surface area is 244 Å². The van der Waals surface area contributed by atoms with Crippen molar-refractivity contribution in [3.05, 3.63) is 83.4 Å². The average Bonchev–Trinajstić information content (AvgIpc) is 3.45. The molecule has 1 fully saturated rings. The van der Waals surface area contributed by atoms with E-state index in [0.29, 0.717) is 35.7 Å². The zero-order valence-electron chi connectivity index (χ0n) is 23.6. The number of hydrogen-bond acceptors (Lipinski definition) is 9. The third-order valence-electron chi connectivity index (χ3n) is 7.30. The summed E-state index contributed by atoms with van der Waals surface area (Å²) in [5.41, 5.74) is 2.28. The van der Waals surface area contributed by atoms with Gasteiger partial charge in [0.25, 0.3) is 0 Å². The van der Waals surface area contributed by atoms with Crippen LogP contribution in [-0.2, 0) is 24.3 Å². The molecule has 2 aliphatic rings. The Kier molecular flexibility index (Phi) is 8.53. The summed E-state index contributed by atoms with van der Waals surface area (Å²) in [6.45, 7) is 5.03. The number of nitrogens with zero attached hydrogens (tertiary/aromatic N) is 1. The molecule has 0 amide bonds. The van der Waals surface area contributed by atoms with E-state index in [1.165, 1.54) is 18.2 Å². The summed E-state index contributed by atoms with van der Waals surface area (Å²) < 4.78 is 51.0. The maximum absolute atomic E-state index is 13.7. The molecule has 4 atom stereocenters. The van der Waals surface area contributed by atoms with Gasteiger partial charge in [0, 0.05) is 25.1 Å². The van der Waals surface area contributed by atoms with Gasteiger partial charge in [0.2, 0.25) is 10.0 Å². The fourth-order valence-electron chi connectivity index (χ4n) is 5.31. The second kappa shape index (κ2) is 12.1. The Hall–Kier alpha value is -3.93. The van der Waals surface area contributed by atoms with Crippen molar-refractivity contribution in [2.24, 2.45) is 0 Å². The third-order valence-corrected chi connectivity index (χ3v) is 9.22. The van der Waals surface area contributed by atoms with Gasteiger partial charge in [-0.2, -0.15) is 4.31 Å². The van der Waals surface area contributed by atoms with Crippen molar-refractivity contribution >= 4 is 22.0 Å². The number of hydrogen-bond donors (Lipinski definition) is 1. The molecule has 1 N–H and O–H groups in total. The number of aryl methyl sites for hydroxylation is 1. The summed E-state index contributed by atoms with van der Waals surface area (Å²) in [4.78, 5) is 25.2. The number of fused-ring (bicyclic) bond motifs is 1. The van der Waals surface area contributed by atoms with Crippen molar-refractivity contribution in [2.75, 3.05) is 13.2 Å². The van der Waals surface area contributed by atoms with Crippen LogP contribution in [0.3, 0.4) is 0 Å². The Bertz CT molecular complexity index is 1550. The first-order valence-electron chi connectivity index (χ1n) is 13.7. The van der Waals surface area contributed by atoms with E-state index in [1.54, 1.807) is 66.7 Å². The molecule has 0 saturated carbocycles. The number of rotatable bonds is 8. The van der Waals surface area contributed by atoms with E-state index in [9.17, 15) is 23.1 Å². The van der Waals surface area contributed by atoms with Crippen molar-refractivity contribution < 1.29 is 42.1 Å². The van der Waals surface area contributed by atoms with Crippen LogP contribution in [0.4, 0.5) is 0 Å². The van der Waals surface area contributed by atoms with E-state index in [4.69, 9.17) is 18.9 Å². The van der Waals surface area contributed by atoms with Crippen LogP contribution in [0.25, 0.3) is 0 Å². The maximum atomic E-state index is 13.7. The summed E-state index contributed by atoms with van der Waals surface area (Å²) >= 11 is 0. The molecule has 42 heavy (non-hydrogen) atoms. The van der Waals surface area contributed by atoms with Crippen LogP contribution in [0, 0.1) is 6.92 Å². The predicted octanol–water partition coefficient (Wildman–Crippen LogP) is 4.25. The topological polar surface area (TPSA) is 129 Å². The van der Waals surface area contributed by atoms with Crippen molar-refractivity contribution in [3.63, 3.8) is 0 Å². The van der Waals surface area contributed by atoms with Gasteiger partial charge in [-0.1, -0.05) is 29.8 Å². The Morgan fingerprint density at radius 1 is 1.02 bits per heavy atom. The number of carbonyl (C=O) groups is 2. The van der Waals surface area contributed by atoms with Crippen LogP contribution in [0.5, 0.6) is 17.2 Å². The van der Waals surface area contributed by atoms with E-state index in [2.05, 4.69) is 0 Å². The van der Waals surface area contributed by atoms with Gasteiger partial charge in [-0.25, -0.2) is 8.42 Å². The van der Waals surface area contributed by atoms with E-state index in [-0.39, 0.29) is 18.0 Å². The Balaban J connectivity index is 1.45. The molecule has 0 bridgehead atoms. The number of aliphatic hydroxyl groups is 1. The van der Waals surface area contributed by atoms with Crippen molar-refractivity contribution in [3.8, 4) is 17.2 Å². The van der Waals surface area contributed by atoms with Crippen molar-refractivity contribution in [1.82, 2.24) is 4.31 Å². The van der Waals surface area contributed by atoms with Crippen LogP contribution < -0.4 is 14.2 Å². The monoisotopic (exact) mass is 595 g/mol. The zero-order valence-corrected chi connectivity index (χ0v) is 24.4. The predicted molar refractivity (Wildman–Crippen MR) is 152 cm³/mol. The fourth-order valence-corrected chi connectivity index (χ4v) is 6.95. The first-order chi connectivity index (χ1) is 20.0. The molecule has 3 aromatic rings. The van der Waals surface area contributed by atoms with E-state index >= 15 is 0 Å². The van der Waals surface area contributed by atoms with Crippen molar-refractivity contribution in [1.29, 1.82) is 0 Å². The van der Waals surface area contributed by atoms with Crippen LogP contribution >= 0.6 is 0 Å². The molecule has 5 rings (SSSR count). The molecule has 3 aromatic carbocycles. The lowest BCUT2D eigenvalue weighted by Crippen LogP contribution is -2.42. The van der Waals surface area contributed by atoms with E-state index in [1.807, 2.05) is 6.92 Å². The molecule has 11 heteroatoms. The average molecular weight is 596 g/mol. The summed E-state index contributed by atoms with van der Waals surface area (Å²) in [6.07, 6.45) is -0.988. The fraction of sp³-hybridized carbons (Fsp3) is 0.355. The van der Waals surface area contributed by atoms with Crippen LogP contribution in [0.2, 0.25) is 0 Å². The van der Waals surface area contributed by atoms with Gasteiger partial charge in [0.1, 0.15) is 29.4 Å². The molecule has 0 aliphatic carbocycles. The normalized spacial score (nSPS) is 21.1. The highest BCUT2D eigenvalue weighted by Crippen LogP contribution is 2.45. The van der Waals surface area contributed by atoms with Crippen LogP contribution in [0.1, 0.15) is 55.4 Å². The van der Waals surface area contributed by atoms with Gasteiger partial charge in [-0.3, -0.25) is 9.59 Å². The molecule has 0 spiro atoms. The quantitative estimate of drug-likeness (QED) is 0.231. The summed E-state index contributed by atoms with van der Waals surface area (Å²) in [5, 5.41) is 9.64. The second-order valence-electron chi connectivity index (χ2n) is 10.4. The van der Waals surface area contributed by atoms with E-state index in [0.717, 1.165) is 11.1 Å². The number of esters is 2. The molecule has 0 radical (unpaired) electrons. The summed E-state index contributed by atoms with van der Waals surface area (Å²) in [7, 11) is -3.92. The van der Waals surface area contributed by atoms with Gasteiger partial charge in [0.05, 0.1) is 17.4 Å². The third kappa shape index (κ3) is 6.28. The first kappa shape index (κ1) is 29.6. The Morgan fingerprint density at radius 3 is 2.38 bits per heavy atom. The largest absolute Gasteiger partial charge is 0.492 e. The minimum absolute atomic E-state index is 0.126. The smallest absolute Gasteiger partial charge is 0.325 e. The standard InChI is InChI=1S/C31H33NO9S/c1-19-6-13-25(14-7-19)42(36,37)32-16-4-5-28(32)31(35)41-30-26-15-12-24(40-21(3)34)17-29(26)38-18-27(30)22-8-10-23(11-9-22)39-20(2)33/h6-15,17,21,27-28,30,34H,4-5,16,18H2,1-3H3/t21?,27?,28-,30?/m0/s1. The molecule has 10 nitrogen and oxygen atoms in total. The first-order valence-corrected chi connectivity index (χ1v) is 15.2. The summed E-state index contributed by atoms with van der Waals surface area (Å²) in [5.74, 6) is -0.355. The highest BCUT2D eigenvalue weighted by molar-refractivity contribution is 7.89. The van der Waals surface area contributed by atoms with Crippen LogP contribution in [-0.4, -0.2) is 55.3 Å². The van der Waals surface area contributed by atoms with Crippen molar-refractivity contribution in [2.45, 2.75) is 62.9 Å². The number of carbonyl (C=O) groups excluding carboxylic acids is 2. The lowest BCUT2D eigenvalue weighted by Gasteiger charge is -2.35. The van der Waals surface area contributed by atoms with Gasteiger partial charge < -0.3 is 24.1 Å². The highest BCUT2D eigenvalue weighted by atomic mass is 32.2. The molecule has 2 heterocycles. The lowest BCUT2D eigenvalue weighted by molar-refractivity contribution is -0.156. The maximum Gasteiger partial charge on any atom is 0.325 e. The van der Waals surface area contributed by atoms with Gasteiger partial charge in [0.15, 0.2) is 6.29 Å². The molecular weight excluding hydrogens is 562 g/mol. The molecule has 3 unspecified atom stereocenters. The molecule has 222 valence electrons. The lowest BCUT2D eigenvalue weighted by atomic mass is 9.87. The number of sulfonamides is 1. The van der Waals surface area contributed by atoms with Gasteiger partial charge in [-0.05, 0) is 68.7 Å². The molecular formula is C31H33NO9S. The minimum atomic E-state index is -3.92. The second-order valence-corrected chi connectivity index (χ2v) is 12.3. The zero-order chi connectivity index (χ0) is 30.0.